The summed E-state index contributed by atoms with van der Waals surface area (Å²) < 4.78 is 5.11. The van der Waals surface area contributed by atoms with E-state index in [4.69, 9.17) is 10.5 Å². The van der Waals surface area contributed by atoms with Crippen LogP contribution < -0.4 is 10.5 Å². The molecule has 0 radical (unpaired) electrons. The van der Waals surface area contributed by atoms with Crippen LogP contribution in [0.25, 0.3) is 0 Å². The fourth-order valence-electron chi connectivity index (χ4n) is 2.18. The Labute approximate surface area is 103 Å². The Hall–Kier alpha value is -1.46. The molecule has 0 saturated heterocycles. The van der Waals surface area contributed by atoms with E-state index in [-0.39, 0.29) is 5.54 Å². The minimum atomic E-state index is -0.266. The van der Waals surface area contributed by atoms with Crippen LogP contribution in [0.2, 0.25) is 0 Å². The Kier molecular flexibility index (Phi) is 3.71. The molecule has 2 nitrogen and oxygen atoms in total. The summed E-state index contributed by atoms with van der Waals surface area (Å²) in [5, 5.41) is 0. The molecule has 0 heterocycles. The maximum atomic E-state index is 6.26. The van der Waals surface area contributed by atoms with Crippen LogP contribution in [0.4, 0.5) is 0 Å². The predicted octanol–water partition coefficient (Wildman–Crippen LogP) is 2.71. The van der Waals surface area contributed by atoms with E-state index >= 15 is 0 Å². The number of hydrogen-bond donors (Lipinski definition) is 1. The Morgan fingerprint density at radius 1 is 1.12 bits per heavy atom. The van der Waals surface area contributed by atoms with E-state index in [1.165, 1.54) is 19.3 Å². The molecule has 90 valence electrons. The number of nitrogens with two attached hydrogens (primary N) is 1. The highest BCUT2D eigenvalue weighted by Gasteiger charge is 2.24. The second kappa shape index (κ2) is 5.25. The molecule has 1 saturated carbocycles. The van der Waals surface area contributed by atoms with Gasteiger partial charge in [-0.25, -0.2) is 0 Å². The van der Waals surface area contributed by atoms with E-state index in [0.717, 1.165) is 24.2 Å². The van der Waals surface area contributed by atoms with Crippen molar-refractivity contribution in [3.8, 4) is 17.6 Å². The molecule has 0 amide bonds. The summed E-state index contributed by atoms with van der Waals surface area (Å²) >= 11 is 0. The number of benzene rings is 1. The third kappa shape index (κ3) is 3.25. The van der Waals surface area contributed by atoms with Crippen LogP contribution in [0.5, 0.6) is 5.75 Å². The molecule has 0 spiro atoms. The van der Waals surface area contributed by atoms with Crippen molar-refractivity contribution >= 4 is 0 Å². The lowest BCUT2D eigenvalue weighted by atomic mass is 9.83. The van der Waals surface area contributed by atoms with Gasteiger partial charge in [0.25, 0.3) is 0 Å². The monoisotopic (exact) mass is 229 g/mol. The van der Waals surface area contributed by atoms with Gasteiger partial charge < -0.3 is 10.5 Å². The smallest absolute Gasteiger partial charge is 0.118 e. The Balaban J connectivity index is 2.08. The van der Waals surface area contributed by atoms with Gasteiger partial charge in [-0.15, -0.1) is 0 Å². The van der Waals surface area contributed by atoms with Crippen molar-refractivity contribution in [1.29, 1.82) is 0 Å². The topological polar surface area (TPSA) is 35.2 Å². The van der Waals surface area contributed by atoms with Crippen LogP contribution in [0, 0.1) is 11.8 Å². The minimum absolute atomic E-state index is 0.266. The highest BCUT2D eigenvalue weighted by Crippen LogP contribution is 2.25. The largest absolute Gasteiger partial charge is 0.497 e. The number of hydrogen-bond acceptors (Lipinski definition) is 2. The fraction of sp³-hybridized carbons (Fsp3) is 0.467. The average molecular weight is 229 g/mol. The van der Waals surface area contributed by atoms with Crippen molar-refractivity contribution in [3.63, 3.8) is 0 Å². The summed E-state index contributed by atoms with van der Waals surface area (Å²) in [7, 11) is 1.66. The maximum absolute atomic E-state index is 6.26. The van der Waals surface area contributed by atoms with Crippen molar-refractivity contribution in [1.82, 2.24) is 0 Å². The van der Waals surface area contributed by atoms with Crippen molar-refractivity contribution in [2.24, 2.45) is 5.73 Å². The zero-order valence-electron chi connectivity index (χ0n) is 10.3. The summed E-state index contributed by atoms with van der Waals surface area (Å²) in [6, 6.07) is 7.79. The van der Waals surface area contributed by atoms with Crippen LogP contribution in [-0.4, -0.2) is 12.6 Å². The standard InChI is InChI=1S/C15H19NO/c1-17-14-7-5-13(6-8-14)9-12-15(16)10-3-2-4-11-15/h5-8H,2-4,10-11,16H2,1H3. The first kappa shape index (κ1) is 12.0. The van der Waals surface area contributed by atoms with Crippen LogP contribution in [0.1, 0.15) is 37.7 Å². The fourth-order valence-corrected chi connectivity index (χ4v) is 2.18. The first-order valence-electron chi connectivity index (χ1n) is 6.18. The zero-order valence-corrected chi connectivity index (χ0v) is 10.3. The molecule has 1 aromatic rings. The van der Waals surface area contributed by atoms with Gasteiger partial charge in [-0.1, -0.05) is 31.1 Å². The molecule has 2 heteroatoms. The van der Waals surface area contributed by atoms with Crippen LogP contribution in [0.3, 0.4) is 0 Å². The summed E-state index contributed by atoms with van der Waals surface area (Å²) in [5.74, 6) is 7.27. The summed E-state index contributed by atoms with van der Waals surface area (Å²) in [6.07, 6.45) is 5.75. The highest BCUT2D eigenvalue weighted by molar-refractivity contribution is 5.40. The summed E-state index contributed by atoms with van der Waals surface area (Å²) in [4.78, 5) is 0. The normalized spacial score (nSPS) is 18.0. The van der Waals surface area contributed by atoms with Gasteiger partial charge in [0.1, 0.15) is 5.75 Å². The first-order valence-corrected chi connectivity index (χ1v) is 6.18. The van der Waals surface area contributed by atoms with Gasteiger partial charge in [-0.2, -0.15) is 0 Å². The zero-order chi connectivity index (χ0) is 12.1. The highest BCUT2D eigenvalue weighted by atomic mass is 16.5. The molecule has 2 N–H and O–H groups in total. The average Bonchev–Trinajstić information content (AvgIpc) is 2.38. The van der Waals surface area contributed by atoms with Gasteiger partial charge in [0.2, 0.25) is 0 Å². The second-order valence-corrected chi connectivity index (χ2v) is 4.70. The third-order valence-corrected chi connectivity index (χ3v) is 3.29. The van der Waals surface area contributed by atoms with Gasteiger partial charge in [-0.3, -0.25) is 0 Å². The van der Waals surface area contributed by atoms with Crippen LogP contribution in [0.15, 0.2) is 24.3 Å². The Bertz CT molecular complexity index is 418. The molecule has 17 heavy (non-hydrogen) atoms. The molecule has 1 aromatic carbocycles. The van der Waals surface area contributed by atoms with Crippen molar-refractivity contribution in [2.75, 3.05) is 7.11 Å². The molecule has 0 aromatic heterocycles. The van der Waals surface area contributed by atoms with Crippen LogP contribution >= 0.6 is 0 Å². The Morgan fingerprint density at radius 2 is 1.76 bits per heavy atom. The molecular formula is C15H19NO. The molecule has 0 bridgehead atoms. The summed E-state index contributed by atoms with van der Waals surface area (Å²) in [5.41, 5.74) is 7.00. The first-order chi connectivity index (χ1) is 8.22. The molecule has 1 aliphatic carbocycles. The molecule has 2 rings (SSSR count). The number of rotatable bonds is 1. The summed E-state index contributed by atoms with van der Waals surface area (Å²) in [6.45, 7) is 0. The van der Waals surface area contributed by atoms with Crippen molar-refractivity contribution in [3.05, 3.63) is 29.8 Å². The van der Waals surface area contributed by atoms with E-state index in [0.29, 0.717) is 0 Å². The molecule has 1 fully saturated rings. The van der Waals surface area contributed by atoms with E-state index in [9.17, 15) is 0 Å². The van der Waals surface area contributed by atoms with Crippen molar-refractivity contribution < 1.29 is 4.74 Å². The van der Waals surface area contributed by atoms with E-state index < -0.39 is 0 Å². The lowest BCUT2D eigenvalue weighted by molar-refractivity contribution is 0.370. The second-order valence-electron chi connectivity index (χ2n) is 4.70. The van der Waals surface area contributed by atoms with E-state index in [2.05, 4.69) is 11.8 Å². The minimum Gasteiger partial charge on any atom is -0.497 e. The predicted molar refractivity (Wildman–Crippen MR) is 69.9 cm³/mol. The van der Waals surface area contributed by atoms with Crippen molar-refractivity contribution in [2.45, 2.75) is 37.6 Å². The number of methoxy groups -OCH3 is 1. The molecule has 0 atom stereocenters. The number of ether oxygens (including phenoxy) is 1. The van der Waals surface area contributed by atoms with Gasteiger partial charge in [0.15, 0.2) is 0 Å². The quantitative estimate of drug-likeness (QED) is 0.751. The lowest BCUT2D eigenvalue weighted by Gasteiger charge is -2.27. The molecule has 0 aliphatic heterocycles. The van der Waals surface area contributed by atoms with Crippen LogP contribution in [-0.2, 0) is 0 Å². The van der Waals surface area contributed by atoms with Gasteiger partial charge in [0.05, 0.1) is 12.6 Å². The van der Waals surface area contributed by atoms with Gasteiger partial charge in [-0.05, 0) is 37.1 Å². The van der Waals surface area contributed by atoms with Gasteiger partial charge in [0, 0.05) is 5.56 Å². The lowest BCUT2D eigenvalue weighted by Crippen LogP contribution is -2.40. The van der Waals surface area contributed by atoms with E-state index in [1.54, 1.807) is 7.11 Å². The molecular weight excluding hydrogens is 210 g/mol. The molecule has 0 unspecified atom stereocenters. The van der Waals surface area contributed by atoms with E-state index in [1.807, 2.05) is 24.3 Å². The maximum Gasteiger partial charge on any atom is 0.118 e. The SMILES string of the molecule is COc1ccc(C#CC2(N)CCCCC2)cc1. The molecule has 1 aliphatic rings. The van der Waals surface area contributed by atoms with Gasteiger partial charge >= 0.3 is 0 Å². The Morgan fingerprint density at radius 3 is 2.35 bits per heavy atom. The third-order valence-electron chi connectivity index (χ3n) is 3.29.